The van der Waals surface area contributed by atoms with Gasteiger partial charge in [-0.3, -0.25) is 9.78 Å². The van der Waals surface area contributed by atoms with Crippen molar-refractivity contribution in [3.8, 4) is 0 Å². The third kappa shape index (κ3) is 5.51. The van der Waals surface area contributed by atoms with Crippen LogP contribution in [0.4, 0.5) is 8.78 Å². The second-order valence-corrected chi connectivity index (χ2v) is 9.36. The summed E-state index contributed by atoms with van der Waals surface area (Å²) in [6.07, 6.45) is 4.07. The van der Waals surface area contributed by atoms with Gasteiger partial charge in [0.25, 0.3) is 0 Å². The van der Waals surface area contributed by atoms with Crippen LogP contribution in [0.25, 0.3) is 10.9 Å². The lowest BCUT2D eigenvalue weighted by Gasteiger charge is -2.15. The van der Waals surface area contributed by atoms with Crippen LogP contribution in [0.1, 0.15) is 59.1 Å². The fraction of sp³-hybridized carbons (Fsp3) is 0.276. The molecule has 0 radical (unpaired) electrons. The Morgan fingerprint density at radius 3 is 2.56 bits per heavy atom. The standard InChI is InChI=1S/C29H30F2N4O/c1-19(2)29-28(27(36)13-10-20-9-12-24(30)25(31)15-20)23-11-8-21(17-33-34(3)4)16-26(23)35(29)18-22-7-5-6-14-32-22/h5-9,11-12,14-17,19H,10,13,18H2,1-4H3/b33-17-. The van der Waals surface area contributed by atoms with Crippen molar-refractivity contribution in [3.63, 3.8) is 0 Å². The molecule has 0 fully saturated rings. The summed E-state index contributed by atoms with van der Waals surface area (Å²) in [7, 11) is 3.72. The minimum absolute atomic E-state index is 0.0251. The Morgan fingerprint density at radius 1 is 1.08 bits per heavy atom. The van der Waals surface area contributed by atoms with Crippen LogP contribution < -0.4 is 0 Å². The number of rotatable bonds is 9. The molecule has 7 heteroatoms. The maximum absolute atomic E-state index is 13.7. The number of pyridine rings is 1. The maximum Gasteiger partial charge on any atom is 0.165 e. The Bertz CT molecular complexity index is 1410. The minimum Gasteiger partial charge on any atom is -0.338 e. The Labute approximate surface area is 210 Å². The summed E-state index contributed by atoms with van der Waals surface area (Å²) in [6, 6.07) is 15.6. The molecule has 0 saturated heterocycles. The summed E-state index contributed by atoms with van der Waals surface area (Å²) in [5, 5.41) is 6.95. The molecule has 0 aliphatic carbocycles. The Balaban J connectivity index is 1.80. The van der Waals surface area contributed by atoms with E-state index in [1.165, 1.54) is 6.07 Å². The molecule has 4 rings (SSSR count). The van der Waals surface area contributed by atoms with Crippen molar-refractivity contribution in [2.45, 2.75) is 39.2 Å². The number of hydrazone groups is 1. The van der Waals surface area contributed by atoms with Gasteiger partial charge in [0.05, 0.1) is 18.5 Å². The van der Waals surface area contributed by atoms with Gasteiger partial charge in [0.2, 0.25) is 0 Å². The smallest absolute Gasteiger partial charge is 0.165 e. The van der Waals surface area contributed by atoms with Crippen molar-refractivity contribution in [1.82, 2.24) is 14.6 Å². The number of benzene rings is 2. The number of aryl methyl sites for hydroxylation is 1. The first kappa shape index (κ1) is 25.2. The molecule has 0 N–H and O–H groups in total. The number of ketones is 1. The summed E-state index contributed by atoms with van der Waals surface area (Å²) < 4.78 is 29.2. The molecular formula is C29H30F2N4O. The molecule has 2 aromatic carbocycles. The third-order valence-corrected chi connectivity index (χ3v) is 6.06. The van der Waals surface area contributed by atoms with Crippen LogP contribution in [-0.2, 0) is 13.0 Å². The van der Waals surface area contributed by atoms with Crippen LogP contribution in [0.2, 0.25) is 0 Å². The molecule has 0 bridgehead atoms. The van der Waals surface area contributed by atoms with Crippen LogP contribution in [0.15, 0.2) is 65.9 Å². The van der Waals surface area contributed by atoms with E-state index in [9.17, 15) is 13.6 Å². The first-order chi connectivity index (χ1) is 17.2. The molecule has 0 aliphatic rings. The van der Waals surface area contributed by atoms with E-state index in [1.807, 2.05) is 50.5 Å². The monoisotopic (exact) mass is 488 g/mol. The fourth-order valence-electron chi connectivity index (χ4n) is 4.44. The zero-order valence-electron chi connectivity index (χ0n) is 21.0. The quantitative estimate of drug-likeness (QED) is 0.160. The van der Waals surface area contributed by atoms with E-state index in [4.69, 9.17) is 0 Å². The number of hydrogen-bond acceptors (Lipinski definition) is 4. The highest BCUT2D eigenvalue weighted by Crippen LogP contribution is 2.34. The molecule has 0 amide bonds. The van der Waals surface area contributed by atoms with Crippen molar-refractivity contribution in [2.24, 2.45) is 5.10 Å². The van der Waals surface area contributed by atoms with Gasteiger partial charge in [-0.2, -0.15) is 5.10 Å². The lowest BCUT2D eigenvalue weighted by molar-refractivity contribution is 0.0982. The number of Topliss-reactive ketones (excluding diaryl/α,β-unsaturated/α-hetero) is 1. The van der Waals surface area contributed by atoms with Gasteiger partial charge < -0.3 is 9.58 Å². The molecule has 186 valence electrons. The van der Waals surface area contributed by atoms with Crippen molar-refractivity contribution >= 4 is 22.9 Å². The maximum atomic E-state index is 13.7. The van der Waals surface area contributed by atoms with Gasteiger partial charge in [0, 0.05) is 48.9 Å². The summed E-state index contributed by atoms with van der Waals surface area (Å²) in [6.45, 7) is 4.67. The van der Waals surface area contributed by atoms with Gasteiger partial charge in [-0.15, -0.1) is 0 Å². The lowest BCUT2D eigenvalue weighted by atomic mass is 9.96. The van der Waals surface area contributed by atoms with E-state index in [1.54, 1.807) is 17.4 Å². The number of hydrogen-bond donors (Lipinski definition) is 0. The van der Waals surface area contributed by atoms with E-state index in [0.29, 0.717) is 24.1 Å². The highest BCUT2D eigenvalue weighted by molar-refractivity contribution is 6.10. The second kappa shape index (κ2) is 10.8. The van der Waals surface area contributed by atoms with Gasteiger partial charge in [-0.1, -0.05) is 38.1 Å². The average molecular weight is 489 g/mol. The number of carbonyl (C=O) groups excluding carboxylic acids is 1. The van der Waals surface area contributed by atoms with Crippen LogP contribution in [0, 0.1) is 11.6 Å². The van der Waals surface area contributed by atoms with E-state index in [2.05, 4.69) is 28.5 Å². The normalized spacial score (nSPS) is 11.6. The van der Waals surface area contributed by atoms with Gasteiger partial charge in [0.1, 0.15) is 0 Å². The zero-order chi connectivity index (χ0) is 25.8. The van der Waals surface area contributed by atoms with Crippen LogP contribution in [-0.4, -0.2) is 40.7 Å². The highest BCUT2D eigenvalue weighted by atomic mass is 19.2. The Morgan fingerprint density at radius 2 is 1.89 bits per heavy atom. The largest absolute Gasteiger partial charge is 0.338 e. The molecule has 5 nitrogen and oxygen atoms in total. The molecule has 2 heterocycles. The van der Waals surface area contributed by atoms with Gasteiger partial charge in [0.15, 0.2) is 17.4 Å². The molecule has 36 heavy (non-hydrogen) atoms. The van der Waals surface area contributed by atoms with E-state index in [0.717, 1.165) is 40.0 Å². The molecule has 0 unspecified atom stereocenters. The van der Waals surface area contributed by atoms with E-state index in [-0.39, 0.29) is 18.1 Å². The number of aromatic nitrogens is 2. The van der Waals surface area contributed by atoms with Crippen LogP contribution in [0.3, 0.4) is 0 Å². The topological polar surface area (TPSA) is 50.5 Å². The predicted molar refractivity (Wildman–Crippen MR) is 140 cm³/mol. The summed E-state index contributed by atoms with van der Waals surface area (Å²) in [5.74, 6) is -1.75. The van der Waals surface area contributed by atoms with Crippen molar-refractivity contribution < 1.29 is 13.6 Å². The molecule has 0 saturated carbocycles. The van der Waals surface area contributed by atoms with Gasteiger partial charge >= 0.3 is 0 Å². The van der Waals surface area contributed by atoms with E-state index < -0.39 is 11.6 Å². The SMILES string of the molecule is CC(C)c1c(C(=O)CCc2ccc(F)c(F)c2)c2ccc(/C=N\N(C)C)cc2n1Cc1ccccn1. The van der Waals surface area contributed by atoms with Crippen LogP contribution >= 0.6 is 0 Å². The molecule has 0 spiro atoms. The summed E-state index contributed by atoms with van der Waals surface area (Å²) in [4.78, 5) is 18.1. The second-order valence-electron chi connectivity index (χ2n) is 9.36. The first-order valence-corrected chi connectivity index (χ1v) is 12.0. The van der Waals surface area contributed by atoms with Gasteiger partial charge in [-0.25, -0.2) is 8.78 Å². The lowest BCUT2D eigenvalue weighted by Crippen LogP contribution is -2.11. The minimum atomic E-state index is -0.901. The molecule has 0 atom stereocenters. The third-order valence-electron chi connectivity index (χ3n) is 6.06. The zero-order valence-corrected chi connectivity index (χ0v) is 21.0. The number of fused-ring (bicyclic) bond motifs is 1. The van der Waals surface area contributed by atoms with E-state index >= 15 is 0 Å². The Kier molecular flexibility index (Phi) is 7.58. The average Bonchev–Trinajstić information content (AvgIpc) is 3.17. The highest BCUT2D eigenvalue weighted by Gasteiger charge is 2.25. The number of nitrogens with zero attached hydrogens (tertiary/aromatic N) is 4. The Hall–Kier alpha value is -3.87. The molecular weight excluding hydrogens is 458 g/mol. The molecule has 4 aromatic rings. The van der Waals surface area contributed by atoms with Crippen molar-refractivity contribution in [3.05, 3.63) is 101 Å². The molecule has 2 aromatic heterocycles. The van der Waals surface area contributed by atoms with Crippen molar-refractivity contribution in [1.29, 1.82) is 0 Å². The van der Waals surface area contributed by atoms with Crippen LogP contribution in [0.5, 0.6) is 0 Å². The fourth-order valence-corrected chi connectivity index (χ4v) is 4.44. The predicted octanol–water partition coefficient (Wildman–Crippen LogP) is 6.20. The number of halogens is 2. The van der Waals surface area contributed by atoms with Gasteiger partial charge in [-0.05, 0) is 53.8 Å². The molecule has 0 aliphatic heterocycles. The number of carbonyl (C=O) groups is 1. The summed E-state index contributed by atoms with van der Waals surface area (Å²) in [5.41, 5.74) is 4.95. The van der Waals surface area contributed by atoms with Crippen molar-refractivity contribution in [2.75, 3.05) is 14.1 Å². The summed E-state index contributed by atoms with van der Waals surface area (Å²) >= 11 is 0. The first-order valence-electron chi connectivity index (χ1n) is 12.0.